The summed E-state index contributed by atoms with van der Waals surface area (Å²) in [6.07, 6.45) is 7.01. The Bertz CT molecular complexity index is 3870. The predicted octanol–water partition coefficient (Wildman–Crippen LogP) is 18.0. The second kappa shape index (κ2) is 14.3. The molecule has 0 radical (unpaired) electrons. The van der Waals surface area contributed by atoms with Crippen LogP contribution in [0.2, 0.25) is 0 Å². The lowest BCUT2D eigenvalue weighted by molar-refractivity contribution is 0.332. The fraction of sp³-hybridized carbons (Fsp3) is 0.373. The van der Waals surface area contributed by atoms with Crippen molar-refractivity contribution >= 4 is 99.7 Å². The van der Waals surface area contributed by atoms with E-state index in [1.54, 1.807) is 0 Å². The highest BCUT2D eigenvalue weighted by molar-refractivity contribution is 7.26. The molecule has 0 N–H and O–H groups in total. The molecule has 2 aliphatic heterocycles. The standard InChI is InChI=1S/C67H69BN2OS/c1-38-32-45-48(66(10,11)30-28-63(45,4)5)35-51(38)69-50-25-23-41-40-18-14-16-20-54(40)71-61(41)60(50)68-59-53(69)37-56-57(42-19-15-17-21-55(42)72-56)58(59)43-34-47-49(67(12,13)31-29-65(47,8)9)36-52(43)70(68)39-22-24-44-46(33-39)64(6,7)27-26-62(44,2)3/h14-25,32-37H,26-31H2,1-13H3. The van der Waals surface area contributed by atoms with Crippen LogP contribution in [0.4, 0.5) is 28.4 Å². The number of hydrogen-bond donors (Lipinski definition) is 0. The minimum Gasteiger partial charge on any atom is -0.456 e. The SMILES string of the molecule is Cc1cc2c(cc1N1c3cc4sc5ccccc5c4c4c3B(c3c1ccc1c3oc3ccccc31)N(c1ccc3c(c1)C(C)(C)CCC3(C)C)c1cc3c(cc1-4)C(C)(C)CCC3(C)C)C(C)(C)CCC2(C)C. The third-order valence-electron chi connectivity index (χ3n) is 19.6. The van der Waals surface area contributed by atoms with Gasteiger partial charge in [-0.05, 0) is 189 Å². The summed E-state index contributed by atoms with van der Waals surface area (Å²) >= 11 is 1.96. The number of aryl methyl sites for hydroxylation is 1. The molecule has 72 heavy (non-hydrogen) atoms. The quantitative estimate of drug-likeness (QED) is 0.161. The number of thiophene rings is 1. The van der Waals surface area contributed by atoms with Gasteiger partial charge in [0.15, 0.2) is 0 Å². The van der Waals surface area contributed by atoms with E-state index in [9.17, 15) is 0 Å². The van der Waals surface area contributed by atoms with Crippen LogP contribution in [0.15, 0.2) is 114 Å². The van der Waals surface area contributed by atoms with Gasteiger partial charge in [0.25, 0.3) is 0 Å². The molecule has 5 aliphatic rings. The largest absolute Gasteiger partial charge is 0.456 e. The van der Waals surface area contributed by atoms with Crippen LogP contribution in [0, 0.1) is 6.92 Å². The number of benzene rings is 7. The van der Waals surface area contributed by atoms with Gasteiger partial charge in [-0.25, -0.2) is 0 Å². The molecule has 2 aromatic heterocycles. The number of fused-ring (bicyclic) bond motifs is 15. The summed E-state index contributed by atoms with van der Waals surface area (Å²) in [6.45, 7) is 31.9. The highest BCUT2D eigenvalue weighted by Gasteiger charge is 2.51. The smallest absolute Gasteiger partial charge is 0.336 e. The van der Waals surface area contributed by atoms with Crippen molar-refractivity contribution in [1.29, 1.82) is 0 Å². The molecule has 3 aliphatic carbocycles. The predicted molar refractivity (Wildman–Crippen MR) is 311 cm³/mol. The topological polar surface area (TPSA) is 19.6 Å². The molecule has 0 atom stereocenters. The van der Waals surface area contributed by atoms with E-state index in [2.05, 4.69) is 209 Å². The average molecular weight is 961 g/mol. The van der Waals surface area contributed by atoms with Gasteiger partial charge in [0.05, 0.1) is 0 Å². The third kappa shape index (κ3) is 5.98. The van der Waals surface area contributed by atoms with Gasteiger partial charge < -0.3 is 14.1 Å². The van der Waals surface area contributed by atoms with E-state index in [1.165, 1.54) is 133 Å². The fourth-order valence-corrected chi connectivity index (χ4v) is 15.9. The minimum absolute atomic E-state index is 0.0134. The zero-order chi connectivity index (χ0) is 50.0. The summed E-state index contributed by atoms with van der Waals surface area (Å²) in [6, 6.07) is 43.5. The van der Waals surface area contributed by atoms with Crippen LogP contribution >= 0.6 is 11.3 Å². The Balaban J connectivity index is 1.19. The number of anilines is 5. The van der Waals surface area contributed by atoms with Crippen molar-refractivity contribution in [2.45, 2.75) is 161 Å². The van der Waals surface area contributed by atoms with Crippen molar-refractivity contribution < 1.29 is 4.42 Å². The van der Waals surface area contributed by atoms with Crippen LogP contribution in [0.5, 0.6) is 0 Å². The van der Waals surface area contributed by atoms with Gasteiger partial charge in [0.1, 0.15) is 11.2 Å². The summed E-state index contributed by atoms with van der Waals surface area (Å²) in [5.41, 5.74) is 24.1. The number of hydrogen-bond acceptors (Lipinski definition) is 4. The maximum atomic E-state index is 7.39. The highest BCUT2D eigenvalue weighted by atomic mass is 32.1. The molecule has 0 saturated carbocycles. The molecule has 0 unspecified atom stereocenters. The Labute approximate surface area is 431 Å². The Morgan fingerprint density at radius 2 is 1.01 bits per heavy atom. The van der Waals surface area contributed by atoms with Crippen molar-refractivity contribution in [2.75, 3.05) is 9.71 Å². The molecule has 0 fully saturated rings. The van der Waals surface area contributed by atoms with Crippen molar-refractivity contribution in [3.05, 3.63) is 148 Å². The van der Waals surface area contributed by atoms with Crippen LogP contribution in [0.25, 0.3) is 53.2 Å². The summed E-state index contributed by atoms with van der Waals surface area (Å²) in [4.78, 5) is 5.51. The molecule has 5 heteroatoms. The lowest BCUT2D eigenvalue weighted by Crippen LogP contribution is -2.62. The first kappa shape index (κ1) is 44.9. The molecular weight excluding hydrogens is 892 g/mol. The molecule has 9 aromatic rings. The maximum Gasteiger partial charge on any atom is 0.336 e. The van der Waals surface area contributed by atoms with Crippen molar-refractivity contribution in [2.24, 2.45) is 0 Å². The molecule has 14 rings (SSSR count). The normalized spacial score (nSPS) is 20.3. The molecule has 3 nitrogen and oxygen atoms in total. The lowest BCUT2D eigenvalue weighted by Gasteiger charge is -2.49. The number of nitrogens with zero attached hydrogens (tertiary/aromatic N) is 2. The molecule has 0 saturated heterocycles. The summed E-state index contributed by atoms with van der Waals surface area (Å²) in [5, 5.41) is 5.07. The monoisotopic (exact) mass is 961 g/mol. The zero-order valence-corrected chi connectivity index (χ0v) is 45.7. The lowest BCUT2D eigenvalue weighted by atomic mass is 9.42. The molecule has 0 bridgehead atoms. The van der Waals surface area contributed by atoms with Crippen LogP contribution in [-0.2, 0) is 32.5 Å². The Kier molecular flexibility index (Phi) is 8.91. The van der Waals surface area contributed by atoms with E-state index in [1.807, 2.05) is 11.3 Å². The van der Waals surface area contributed by atoms with Crippen LogP contribution < -0.4 is 20.6 Å². The van der Waals surface area contributed by atoms with E-state index in [-0.39, 0.29) is 39.3 Å². The first-order valence-electron chi connectivity index (χ1n) is 27.1. The first-order valence-corrected chi connectivity index (χ1v) is 27.9. The molecule has 0 spiro atoms. The van der Waals surface area contributed by atoms with Gasteiger partial charge in [0, 0.05) is 70.4 Å². The summed E-state index contributed by atoms with van der Waals surface area (Å²) in [7, 11) is 0. The van der Waals surface area contributed by atoms with Gasteiger partial charge in [-0.2, -0.15) is 0 Å². The number of furan rings is 1. The molecule has 0 amide bonds. The fourth-order valence-electron chi connectivity index (χ4n) is 14.8. The van der Waals surface area contributed by atoms with E-state index in [4.69, 9.17) is 4.42 Å². The number of rotatable bonds is 2. The van der Waals surface area contributed by atoms with Gasteiger partial charge in [0.2, 0.25) is 0 Å². The summed E-state index contributed by atoms with van der Waals surface area (Å²) < 4.78 is 10.1. The first-order chi connectivity index (χ1) is 34.1. The minimum atomic E-state index is -0.204. The molecule has 362 valence electrons. The van der Waals surface area contributed by atoms with E-state index in [0.717, 1.165) is 36.8 Å². The van der Waals surface area contributed by atoms with Gasteiger partial charge >= 0.3 is 6.85 Å². The van der Waals surface area contributed by atoms with E-state index >= 15 is 0 Å². The van der Waals surface area contributed by atoms with E-state index in [0.29, 0.717) is 0 Å². The van der Waals surface area contributed by atoms with Crippen LogP contribution in [-0.4, -0.2) is 6.85 Å². The Morgan fingerprint density at radius 3 is 1.68 bits per heavy atom. The van der Waals surface area contributed by atoms with Gasteiger partial charge in [-0.15, -0.1) is 11.3 Å². The summed E-state index contributed by atoms with van der Waals surface area (Å²) in [5.74, 6) is 0. The van der Waals surface area contributed by atoms with Gasteiger partial charge in [-0.1, -0.05) is 132 Å². The highest BCUT2D eigenvalue weighted by Crippen LogP contribution is 2.58. The molecule has 7 aromatic carbocycles. The van der Waals surface area contributed by atoms with E-state index < -0.39 is 0 Å². The Hall–Kier alpha value is -5.78. The van der Waals surface area contributed by atoms with Crippen molar-refractivity contribution in [3.8, 4) is 11.1 Å². The zero-order valence-electron chi connectivity index (χ0n) is 44.9. The molecule has 4 heterocycles. The Morgan fingerprint density at radius 1 is 0.458 bits per heavy atom. The number of para-hydroxylation sites is 1. The maximum absolute atomic E-state index is 7.39. The molecular formula is C67H69BN2OS. The second-order valence-electron chi connectivity index (χ2n) is 26.9. The second-order valence-corrected chi connectivity index (χ2v) is 28.0. The van der Waals surface area contributed by atoms with Crippen molar-refractivity contribution in [3.63, 3.8) is 0 Å². The third-order valence-corrected chi connectivity index (χ3v) is 20.7. The van der Waals surface area contributed by atoms with Crippen LogP contribution in [0.1, 0.15) is 161 Å². The van der Waals surface area contributed by atoms with Crippen LogP contribution in [0.3, 0.4) is 0 Å². The van der Waals surface area contributed by atoms with Crippen molar-refractivity contribution in [1.82, 2.24) is 0 Å². The average Bonchev–Trinajstić information content (AvgIpc) is 3.91. The van der Waals surface area contributed by atoms with Gasteiger partial charge in [-0.3, -0.25) is 0 Å².